The number of hydrogen-bond acceptors (Lipinski definition) is 7. The lowest BCUT2D eigenvalue weighted by Gasteiger charge is -2.32. The molecule has 0 radical (unpaired) electrons. The van der Waals surface area contributed by atoms with Crippen LogP contribution in [0.3, 0.4) is 0 Å². The Morgan fingerprint density at radius 2 is 1.84 bits per heavy atom. The van der Waals surface area contributed by atoms with E-state index in [1.54, 1.807) is 61.6 Å². The lowest BCUT2D eigenvalue weighted by molar-refractivity contribution is -0.130. The first kappa shape index (κ1) is 28.4. The normalized spacial score (nSPS) is 17.9. The van der Waals surface area contributed by atoms with Crippen molar-refractivity contribution < 1.29 is 28.9 Å². The molecule has 2 amide bonds. The third-order valence-electron chi connectivity index (χ3n) is 6.51. The average molecular weight is 514 g/mol. The standard InChI is InChI=1S/C28H39N3O6/c1-19(2)31(28(34)21-11-12-24(36-4)25(15-21)37-14-8-13-35-3)18-22-16-29-17-23(22)30-27(33)26(32)20-9-6-5-7-10-20/h5-7,9-12,15,19,22-23,26,29,32H,8,13-14,16-18H2,1-4H3,(H,30,33). The number of carbonyl (C=O) groups excluding carboxylic acids is 2. The molecule has 0 aliphatic carbocycles. The van der Waals surface area contributed by atoms with Gasteiger partial charge >= 0.3 is 0 Å². The zero-order chi connectivity index (χ0) is 26.8. The van der Waals surface area contributed by atoms with Crippen LogP contribution in [0.1, 0.15) is 42.3 Å². The first-order valence-electron chi connectivity index (χ1n) is 12.7. The molecule has 1 aliphatic heterocycles. The van der Waals surface area contributed by atoms with Gasteiger partial charge in [0.25, 0.3) is 11.8 Å². The minimum atomic E-state index is -1.24. The Labute approximate surface area is 219 Å². The van der Waals surface area contributed by atoms with Crippen molar-refractivity contribution in [3.63, 3.8) is 0 Å². The van der Waals surface area contributed by atoms with Gasteiger partial charge in [0.2, 0.25) is 0 Å². The van der Waals surface area contributed by atoms with E-state index < -0.39 is 12.0 Å². The van der Waals surface area contributed by atoms with Crippen molar-refractivity contribution >= 4 is 11.8 Å². The van der Waals surface area contributed by atoms with E-state index in [-0.39, 0.29) is 23.9 Å². The molecule has 3 atom stereocenters. The molecule has 1 fully saturated rings. The molecule has 0 spiro atoms. The molecule has 1 heterocycles. The third kappa shape index (κ3) is 7.67. The van der Waals surface area contributed by atoms with Crippen molar-refractivity contribution in [3.8, 4) is 11.5 Å². The second kappa shape index (κ2) is 14.0. The second-order valence-electron chi connectivity index (χ2n) is 9.46. The molecule has 0 aromatic heterocycles. The van der Waals surface area contributed by atoms with Crippen molar-refractivity contribution in [3.05, 3.63) is 59.7 Å². The van der Waals surface area contributed by atoms with Crippen LogP contribution in [0, 0.1) is 5.92 Å². The van der Waals surface area contributed by atoms with Gasteiger partial charge < -0.3 is 34.9 Å². The lowest BCUT2D eigenvalue weighted by atomic mass is 10.0. The van der Waals surface area contributed by atoms with Gasteiger partial charge in [-0.25, -0.2) is 0 Å². The molecule has 1 saturated heterocycles. The molecule has 1 aliphatic rings. The first-order chi connectivity index (χ1) is 17.8. The summed E-state index contributed by atoms with van der Waals surface area (Å²) in [7, 11) is 3.21. The number of benzene rings is 2. The van der Waals surface area contributed by atoms with Crippen molar-refractivity contribution in [2.24, 2.45) is 5.92 Å². The molecule has 0 bridgehead atoms. The predicted molar refractivity (Wildman–Crippen MR) is 141 cm³/mol. The smallest absolute Gasteiger partial charge is 0.254 e. The van der Waals surface area contributed by atoms with E-state index in [9.17, 15) is 14.7 Å². The van der Waals surface area contributed by atoms with Crippen molar-refractivity contribution in [2.75, 3.05) is 47.1 Å². The number of rotatable bonds is 13. The van der Waals surface area contributed by atoms with Gasteiger partial charge in [-0.2, -0.15) is 0 Å². The van der Waals surface area contributed by atoms with Crippen LogP contribution in [0.4, 0.5) is 0 Å². The average Bonchev–Trinajstić information content (AvgIpc) is 3.35. The number of ether oxygens (including phenoxy) is 3. The topological polar surface area (TPSA) is 109 Å². The van der Waals surface area contributed by atoms with E-state index in [4.69, 9.17) is 14.2 Å². The molecular weight excluding hydrogens is 474 g/mol. The summed E-state index contributed by atoms with van der Waals surface area (Å²) in [4.78, 5) is 28.1. The van der Waals surface area contributed by atoms with Gasteiger partial charge in [0.05, 0.1) is 13.7 Å². The Hall–Kier alpha value is -3.14. The number of aliphatic hydroxyl groups excluding tert-OH is 1. The molecule has 3 N–H and O–H groups in total. The van der Waals surface area contributed by atoms with Crippen LogP contribution in [0.2, 0.25) is 0 Å². The van der Waals surface area contributed by atoms with Crippen LogP contribution >= 0.6 is 0 Å². The van der Waals surface area contributed by atoms with Gasteiger partial charge in [0.1, 0.15) is 0 Å². The molecule has 9 nitrogen and oxygen atoms in total. The zero-order valence-corrected chi connectivity index (χ0v) is 22.1. The number of carbonyl (C=O) groups is 2. The molecule has 3 rings (SSSR count). The number of methoxy groups -OCH3 is 2. The highest BCUT2D eigenvalue weighted by atomic mass is 16.5. The van der Waals surface area contributed by atoms with Crippen molar-refractivity contribution in [1.82, 2.24) is 15.5 Å². The Bertz CT molecular complexity index is 1020. The highest BCUT2D eigenvalue weighted by Crippen LogP contribution is 2.29. The van der Waals surface area contributed by atoms with Gasteiger partial charge in [-0.15, -0.1) is 0 Å². The fourth-order valence-corrected chi connectivity index (χ4v) is 4.40. The van der Waals surface area contributed by atoms with Gasteiger partial charge in [0, 0.05) is 63.3 Å². The third-order valence-corrected chi connectivity index (χ3v) is 6.51. The summed E-state index contributed by atoms with van der Waals surface area (Å²) < 4.78 is 16.3. The largest absolute Gasteiger partial charge is 0.493 e. The molecule has 3 unspecified atom stereocenters. The summed E-state index contributed by atoms with van der Waals surface area (Å²) in [6.07, 6.45) is -0.525. The molecule has 9 heteroatoms. The van der Waals surface area contributed by atoms with Crippen LogP contribution in [-0.2, 0) is 9.53 Å². The minimum Gasteiger partial charge on any atom is -0.493 e. The SMILES string of the molecule is COCCCOc1cc(C(=O)N(CC2CNCC2NC(=O)C(O)c2ccccc2)C(C)C)ccc1OC. The van der Waals surface area contributed by atoms with E-state index in [0.29, 0.717) is 55.5 Å². The molecular formula is C28H39N3O6. The van der Waals surface area contributed by atoms with E-state index in [1.807, 2.05) is 19.9 Å². The maximum atomic E-state index is 13.6. The van der Waals surface area contributed by atoms with E-state index >= 15 is 0 Å². The van der Waals surface area contributed by atoms with Crippen LogP contribution in [-0.4, -0.2) is 81.0 Å². The summed E-state index contributed by atoms with van der Waals surface area (Å²) in [6, 6.07) is 13.8. The molecule has 2 aromatic rings. The van der Waals surface area contributed by atoms with Crippen LogP contribution in [0.25, 0.3) is 0 Å². The number of nitrogens with zero attached hydrogens (tertiary/aromatic N) is 1. The predicted octanol–water partition coefficient (Wildman–Crippen LogP) is 2.40. The van der Waals surface area contributed by atoms with Gasteiger partial charge in [-0.1, -0.05) is 30.3 Å². The monoisotopic (exact) mass is 513 g/mol. The lowest BCUT2D eigenvalue weighted by Crippen LogP contribution is -2.48. The molecule has 202 valence electrons. The van der Waals surface area contributed by atoms with Crippen LogP contribution in [0.15, 0.2) is 48.5 Å². The van der Waals surface area contributed by atoms with Crippen LogP contribution in [0.5, 0.6) is 11.5 Å². The Kier molecular flexibility index (Phi) is 10.7. The number of amides is 2. The van der Waals surface area contributed by atoms with Crippen LogP contribution < -0.4 is 20.1 Å². The summed E-state index contributed by atoms with van der Waals surface area (Å²) in [5.74, 6) is 0.486. The van der Waals surface area contributed by atoms with Gasteiger partial charge in [0.15, 0.2) is 17.6 Å². The summed E-state index contributed by atoms with van der Waals surface area (Å²) in [6.45, 7) is 6.64. The second-order valence-corrected chi connectivity index (χ2v) is 9.46. The summed E-state index contributed by atoms with van der Waals surface area (Å²) >= 11 is 0. The minimum absolute atomic E-state index is 0.0127. The molecule has 2 aromatic carbocycles. The van der Waals surface area contributed by atoms with E-state index in [1.165, 1.54) is 0 Å². The summed E-state index contributed by atoms with van der Waals surface area (Å²) in [5.41, 5.74) is 1.04. The Morgan fingerprint density at radius 3 is 2.51 bits per heavy atom. The number of aliphatic hydroxyl groups is 1. The fraction of sp³-hybridized carbons (Fsp3) is 0.500. The fourth-order valence-electron chi connectivity index (χ4n) is 4.40. The van der Waals surface area contributed by atoms with Crippen molar-refractivity contribution in [1.29, 1.82) is 0 Å². The number of hydrogen-bond donors (Lipinski definition) is 3. The van der Waals surface area contributed by atoms with E-state index in [2.05, 4.69) is 10.6 Å². The number of nitrogens with one attached hydrogen (secondary N) is 2. The first-order valence-corrected chi connectivity index (χ1v) is 12.7. The maximum Gasteiger partial charge on any atom is 0.254 e. The van der Waals surface area contributed by atoms with E-state index in [0.717, 1.165) is 6.42 Å². The summed E-state index contributed by atoms with van der Waals surface area (Å²) in [5, 5.41) is 16.8. The highest BCUT2D eigenvalue weighted by molar-refractivity contribution is 5.95. The quantitative estimate of drug-likeness (QED) is 0.353. The Morgan fingerprint density at radius 1 is 1.08 bits per heavy atom. The maximum absolute atomic E-state index is 13.6. The Balaban J connectivity index is 1.69. The van der Waals surface area contributed by atoms with Crippen molar-refractivity contribution in [2.45, 2.75) is 38.5 Å². The van der Waals surface area contributed by atoms with Gasteiger partial charge in [-0.3, -0.25) is 9.59 Å². The highest BCUT2D eigenvalue weighted by Gasteiger charge is 2.34. The zero-order valence-electron chi connectivity index (χ0n) is 22.1. The molecule has 37 heavy (non-hydrogen) atoms. The van der Waals surface area contributed by atoms with Gasteiger partial charge in [-0.05, 0) is 37.6 Å². The molecule has 0 saturated carbocycles.